The van der Waals surface area contributed by atoms with Gasteiger partial charge < -0.3 is 5.11 Å². The van der Waals surface area contributed by atoms with E-state index in [2.05, 4.69) is 58.8 Å². The van der Waals surface area contributed by atoms with Gasteiger partial charge in [-0.05, 0) is 47.2 Å². The molecule has 4 aromatic rings. The second-order valence-electron chi connectivity index (χ2n) is 7.75. The van der Waals surface area contributed by atoms with Crippen molar-refractivity contribution in [3.8, 4) is 5.75 Å². The summed E-state index contributed by atoms with van der Waals surface area (Å²) in [5.74, 6) is 0.498. The molecular weight excluding hydrogens is 370 g/mol. The summed E-state index contributed by atoms with van der Waals surface area (Å²) in [6.45, 7) is 0.754. The van der Waals surface area contributed by atoms with Gasteiger partial charge in [0.1, 0.15) is 5.75 Å². The Morgan fingerprint density at radius 1 is 0.867 bits per heavy atom. The van der Waals surface area contributed by atoms with E-state index in [0.717, 1.165) is 41.6 Å². The van der Waals surface area contributed by atoms with Crippen LogP contribution in [-0.4, -0.2) is 19.9 Å². The lowest BCUT2D eigenvalue weighted by Gasteiger charge is -2.18. The van der Waals surface area contributed by atoms with Crippen LogP contribution in [0, 0.1) is 0 Å². The second kappa shape index (κ2) is 7.99. The van der Waals surface area contributed by atoms with Gasteiger partial charge in [-0.2, -0.15) is 5.10 Å². The molecule has 2 aromatic carbocycles. The molecule has 0 saturated carbocycles. The van der Waals surface area contributed by atoms with E-state index in [1.165, 1.54) is 11.1 Å². The molecule has 1 N–H and O–H groups in total. The van der Waals surface area contributed by atoms with Crippen molar-refractivity contribution in [2.24, 2.45) is 0 Å². The van der Waals surface area contributed by atoms with Gasteiger partial charge in [-0.25, -0.2) is 0 Å². The maximum absolute atomic E-state index is 10.1. The minimum atomic E-state index is 0.103. The van der Waals surface area contributed by atoms with Crippen molar-refractivity contribution >= 4 is 6.08 Å². The number of benzene rings is 2. The predicted octanol–water partition coefficient (Wildman–Crippen LogP) is 5.19. The van der Waals surface area contributed by atoms with Crippen molar-refractivity contribution in [1.82, 2.24) is 14.8 Å². The first-order valence-corrected chi connectivity index (χ1v) is 10.3. The third-order valence-electron chi connectivity index (χ3n) is 5.75. The van der Waals surface area contributed by atoms with Gasteiger partial charge in [-0.1, -0.05) is 54.6 Å². The first-order valence-electron chi connectivity index (χ1n) is 10.3. The van der Waals surface area contributed by atoms with Crippen molar-refractivity contribution in [2.45, 2.75) is 25.3 Å². The van der Waals surface area contributed by atoms with Gasteiger partial charge >= 0.3 is 0 Å². The number of hydrogen-bond donors (Lipinski definition) is 1. The molecule has 4 nitrogen and oxygen atoms in total. The number of aromatic nitrogens is 3. The lowest BCUT2D eigenvalue weighted by molar-refractivity contribution is 0.467. The number of phenols is 1. The van der Waals surface area contributed by atoms with Crippen LogP contribution in [0.3, 0.4) is 0 Å². The SMILES string of the molecule is Oc1cccc2c1CCC(Cn1cc(C(c3ccccc3)c3cccnc3)cn1)=C2. The van der Waals surface area contributed by atoms with Gasteiger partial charge in [0.15, 0.2) is 0 Å². The minimum absolute atomic E-state index is 0.103. The number of nitrogens with zero attached hydrogens (tertiary/aromatic N) is 3. The zero-order valence-electron chi connectivity index (χ0n) is 16.6. The van der Waals surface area contributed by atoms with Crippen LogP contribution < -0.4 is 0 Å². The highest BCUT2D eigenvalue weighted by Crippen LogP contribution is 2.33. The van der Waals surface area contributed by atoms with Crippen LogP contribution >= 0.6 is 0 Å². The fourth-order valence-electron chi connectivity index (χ4n) is 4.29. The van der Waals surface area contributed by atoms with E-state index >= 15 is 0 Å². The normalized spacial score (nSPS) is 14.1. The van der Waals surface area contributed by atoms with Crippen molar-refractivity contribution < 1.29 is 5.11 Å². The van der Waals surface area contributed by atoms with E-state index in [-0.39, 0.29) is 5.92 Å². The molecule has 2 aromatic heterocycles. The molecule has 0 radical (unpaired) electrons. The van der Waals surface area contributed by atoms with Crippen LogP contribution in [0.1, 0.15) is 40.2 Å². The Labute approximate surface area is 176 Å². The van der Waals surface area contributed by atoms with E-state index in [1.807, 2.05) is 35.3 Å². The number of hydrogen-bond acceptors (Lipinski definition) is 3. The summed E-state index contributed by atoms with van der Waals surface area (Å²) in [5.41, 5.74) is 7.02. The zero-order chi connectivity index (χ0) is 20.3. The van der Waals surface area contributed by atoms with E-state index < -0.39 is 0 Å². The lowest BCUT2D eigenvalue weighted by Crippen LogP contribution is -2.07. The monoisotopic (exact) mass is 393 g/mol. The third-order valence-corrected chi connectivity index (χ3v) is 5.75. The van der Waals surface area contributed by atoms with E-state index in [9.17, 15) is 5.11 Å². The van der Waals surface area contributed by atoms with Crippen LogP contribution in [-0.2, 0) is 13.0 Å². The number of fused-ring (bicyclic) bond motifs is 1. The maximum Gasteiger partial charge on any atom is 0.119 e. The fraction of sp³-hybridized carbons (Fsp3) is 0.154. The molecule has 0 fully saturated rings. The molecule has 1 unspecified atom stereocenters. The van der Waals surface area contributed by atoms with Crippen molar-refractivity contribution in [3.63, 3.8) is 0 Å². The Kier molecular flexibility index (Phi) is 4.89. The Balaban J connectivity index is 1.44. The lowest BCUT2D eigenvalue weighted by atomic mass is 9.88. The van der Waals surface area contributed by atoms with Crippen molar-refractivity contribution in [1.29, 1.82) is 0 Å². The Morgan fingerprint density at radius 2 is 1.73 bits per heavy atom. The van der Waals surface area contributed by atoms with Gasteiger partial charge in [0.05, 0.1) is 12.7 Å². The average Bonchev–Trinajstić information content (AvgIpc) is 3.23. The molecule has 148 valence electrons. The second-order valence-corrected chi connectivity index (χ2v) is 7.75. The Bertz CT molecular complexity index is 1140. The van der Waals surface area contributed by atoms with Crippen LogP contribution in [0.25, 0.3) is 6.08 Å². The molecule has 0 amide bonds. The number of phenolic OH excluding ortho intramolecular Hbond substituents is 1. The summed E-state index contributed by atoms with van der Waals surface area (Å²) in [6.07, 6.45) is 11.8. The molecule has 1 aliphatic carbocycles. The number of rotatable bonds is 5. The molecule has 4 heteroatoms. The molecule has 1 atom stereocenters. The smallest absolute Gasteiger partial charge is 0.119 e. The Morgan fingerprint density at radius 3 is 2.57 bits per heavy atom. The zero-order valence-corrected chi connectivity index (χ0v) is 16.6. The number of allylic oxidation sites excluding steroid dienone is 1. The van der Waals surface area contributed by atoms with E-state index in [4.69, 9.17) is 0 Å². The molecule has 1 aliphatic rings. The summed E-state index contributed by atoms with van der Waals surface area (Å²) in [4.78, 5) is 4.33. The number of pyridine rings is 1. The minimum Gasteiger partial charge on any atom is -0.508 e. The molecule has 0 spiro atoms. The first-order chi connectivity index (χ1) is 14.8. The topological polar surface area (TPSA) is 50.9 Å². The molecule has 5 rings (SSSR count). The van der Waals surface area contributed by atoms with Crippen LogP contribution in [0.4, 0.5) is 0 Å². The number of aromatic hydroxyl groups is 1. The molecule has 2 heterocycles. The van der Waals surface area contributed by atoms with Crippen molar-refractivity contribution in [3.05, 3.63) is 119 Å². The standard InChI is InChI=1S/C26H23N3O/c30-25-10-4-8-21-14-19(11-12-24(21)25)17-29-18-23(16-28-29)26(20-6-2-1-3-7-20)22-9-5-13-27-15-22/h1-10,13-16,18,26,30H,11-12,17H2. The molecule has 0 aliphatic heterocycles. The molecule has 30 heavy (non-hydrogen) atoms. The highest BCUT2D eigenvalue weighted by atomic mass is 16.3. The summed E-state index contributed by atoms with van der Waals surface area (Å²) < 4.78 is 2.02. The molecule has 0 saturated heterocycles. The summed E-state index contributed by atoms with van der Waals surface area (Å²) >= 11 is 0. The summed E-state index contributed by atoms with van der Waals surface area (Å²) in [6, 6.07) is 20.3. The van der Waals surface area contributed by atoms with Gasteiger partial charge in [0, 0.05) is 35.6 Å². The fourth-order valence-corrected chi connectivity index (χ4v) is 4.29. The van der Waals surface area contributed by atoms with Crippen molar-refractivity contribution in [2.75, 3.05) is 0 Å². The first kappa shape index (κ1) is 18.4. The summed E-state index contributed by atoms with van der Waals surface area (Å²) in [7, 11) is 0. The Hall–Kier alpha value is -3.66. The largest absolute Gasteiger partial charge is 0.508 e. The third kappa shape index (κ3) is 3.64. The van der Waals surface area contributed by atoms with Gasteiger partial charge in [0.2, 0.25) is 0 Å². The summed E-state index contributed by atoms with van der Waals surface area (Å²) in [5, 5.41) is 14.7. The van der Waals surface area contributed by atoms with E-state index in [1.54, 1.807) is 12.3 Å². The quantitative estimate of drug-likeness (QED) is 0.507. The molecular formula is C26H23N3O. The highest BCUT2D eigenvalue weighted by molar-refractivity contribution is 5.62. The van der Waals surface area contributed by atoms with Crippen LogP contribution in [0.5, 0.6) is 5.75 Å². The molecule has 0 bridgehead atoms. The maximum atomic E-state index is 10.1. The van der Waals surface area contributed by atoms with Crippen LogP contribution in [0.2, 0.25) is 0 Å². The average molecular weight is 393 g/mol. The van der Waals surface area contributed by atoms with Gasteiger partial charge in [-0.3, -0.25) is 9.67 Å². The van der Waals surface area contributed by atoms with Crippen LogP contribution in [0.15, 0.2) is 91.0 Å². The van der Waals surface area contributed by atoms with Gasteiger partial charge in [0.25, 0.3) is 0 Å². The predicted molar refractivity (Wildman–Crippen MR) is 118 cm³/mol. The highest BCUT2D eigenvalue weighted by Gasteiger charge is 2.19. The van der Waals surface area contributed by atoms with E-state index in [0.29, 0.717) is 5.75 Å². The van der Waals surface area contributed by atoms with Gasteiger partial charge in [-0.15, -0.1) is 0 Å².